The minimum absolute atomic E-state index is 0.0514. The standard InChI is InChI=1S/C18H19FN4O2/c1-12(2)7-9-16-20-17(25-22-16)11-23-18(24)10-8-15(21-23)13-5-3-4-6-14(13)19/h3-6,8,10,12H,7,9,11H2,1-2H3. The van der Waals surface area contributed by atoms with Crippen molar-refractivity contribution in [2.75, 3.05) is 0 Å². The summed E-state index contributed by atoms with van der Waals surface area (Å²) in [6.45, 7) is 4.30. The summed E-state index contributed by atoms with van der Waals surface area (Å²) < 4.78 is 20.3. The topological polar surface area (TPSA) is 73.8 Å². The Balaban J connectivity index is 1.82. The van der Waals surface area contributed by atoms with Crippen molar-refractivity contribution < 1.29 is 8.91 Å². The fourth-order valence-electron chi connectivity index (χ4n) is 2.38. The molecule has 0 aliphatic heterocycles. The monoisotopic (exact) mass is 342 g/mol. The molecule has 25 heavy (non-hydrogen) atoms. The van der Waals surface area contributed by atoms with Crippen LogP contribution in [-0.4, -0.2) is 19.9 Å². The number of rotatable bonds is 6. The van der Waals surface area contributed by atoms with Gasteiger partial charge in [0.05, 0.1) is 5.69 Å². The second-order valence-electron chi connectivity index (χ2n) is 6.23. The predicted octanol–water partition coefficient (Wildman–Crippen LogP) is 3.07. The molecule has 0 radical (unpaired) electrons. The first-order valence-corrected chi connectivity index (χ1v) is 8.17. The van der Waals surface area contributed by atoms with Gasteiger partial charge in [-0.25, -0.2) is 9.07 Å². The highest BCUT2D eigenvalue weighted by molar-refractivity contribution is 5.58. The minimum atomic E-state index is -0.394. The molecule has 2 heterocycles. The largest absolute Gasteiger partial charge is 0.337 e. The van der Waals surface area contributed by atoms with Crippen molar-refractivity contribution in [2.45, 2.75) is 33.2 Å². The van der Waals surface area contributed by atoms with Gasteiger partial charge in [0, 0.05) is 18.1 Å². The van der Waals surface area contributed by atoms with E-state index >= 15 is 0 Å². The van der Waals surface area contributed by atoms with Crippen LogP contribution in [0, 0.1) is 11.7 Å². The molecule has 0 N–H and O–H groups in total. The first kappa shape index (κ1) is 17.0. The van der Waals surface area contributed by atoms with Gasteiger partial charge in [-0.05, 0) is 30.5 Å². The molecule has 2 aromatic heterocycles. The highest BCUT2D eigenvalue weighted by Crippen LogP contribution is 2.19. The zero-order chi connectivity index (χ0) is 17.8. The first-order chi connectivity index (χ1) is 12.0. The van der Waals surface area contributed by atoms with Gasteiger partial charge in [-0.15, -0.1) is 0 Å². The number of hydrogen-bond donors (Lipinski definition) is 0. The Morgan fingerprint density at radius 1 is 1.20 bits per heavy atom. The Morgan fingerprint density at radius 3 is 2.76 bits per heavy atom. The van der Waals surface area contributed by atoms with Crippen LogP contribution in [0.4, 0.5) is 4.39 Å². The molecule has 0 atom stereocenters. The summed E-state index contributed by atoms with van der Waals surface area (Å²) in [4.78, 5) is 16.3. The van der Waals surface area contributed by atoms with E-state index in [9.17, 15) is 9.18 Å². The van der Waals surface area contributed by atoms with Crippen LogP contribution in [-0.2, 0) is 13.0 Å². The van der Waals surface area contributed by atoms with E-state index in [2.05, 4.69) is 29.1 Å². The van der Waals surface area contributed by atoms with E-state index in [1.165, 1.54) is 22.9 Å². The summed E-state index contributed by atoms with van der Waals surface area (Å²) in [6.07, 6.45) is 1.68. The Labute approximate surface area is 144 Å². The van der Waals surface area contributed by atoms with Gasteiger partial charge in [-0.3, -0.25) is 4.79 Å². The van der Waals surface area contributed by atoms with Gasteiger partial charge in [-0.2, -0.15) is 10.1 Å². The number of aryl methyl sites for hydroxylation is 1. The van der Waals surface area contributed by atoms with Crippen molar-refractivity contribution in [2.24, 2.45) is 5.92 Å². The summed E-state index contributed by atoms with van der Waals surface area (Å²) in [6, 6.07) is 9.14. The first-order valence-electron chi connectivity index (χ1n) is 8.17. The van der Waals surface area contributed by atoms with Crippen molar-refractivity contribution >= 4 is 0 Å². The van der Waals surface area contributed by atoms with Crippen LogP contribution in [0.15, 0.2) is 45.7 Å². The van der Waals surface area contributed by atoms with Gasteiger partial charge in [0.25, 0.3) is 5.56 Å². The average Bonchev–Trinajstić information content (AvgIpc) is 3.03. The Hall–Kier alpha value is -2.83. The van der Waals surface area contributed by atoms with Gasteiger partial charge < -0.3 is 4.52 Å². The van der Waals surface area contributed by atoms with Crippen molar-refractivity contribution in [3.63, 3.8) is 0 Å². The van der Waals surface area contributed by atoms with Crippen LogP contribution in [0.25, 0.3) is 11.3 Å². The fraction of sp³-hybridized carbons (Fsp3) is 0.333. The molecular formula is C18H19FN4O2. The Morgan fingerprint density at radius 2 is 2.00 bits per heavy atom. The molecule has 1 aromatic carbocycles. The molecule has 0 unspecified atom stereocenters. The molecule has 6 nitrogen and oxygen atoms in total. The van der Waals surface area contributed by atoms with Gasteiger partial charge in [0.15, 0.2) is 5.82 Å². The lowest BCUT2D eigenvalue weighted by atomic mass is 10.1. The third kappa shape index (κ3) is 4.17. The molecule has 3 rings (SSSR count). The molecule has 7 heteroatoms. The highest BCUT2D eigenvalue weighted by atomic mass is 19.1. The van der Waals surface area contributed by atoms with Crippen LogP contribution in [0.3, 0.4) is 0 Å². The maximum Gasteiger partial charge on any atom is 0.267 e. The van der Waals surface area contributed by atoms with Crippen LogP contribution in [0.2, 0.25) is 0 Å². The summed E-state index contributed by atoms with van der Waals surface area (Å²) in [5.41, 5.74) is 0.388. The Bertz CT molecular complexity index is 917. The lowest BCUT2D eigenvalue weighted by molar-refractivity contribution is 0.357. The molecule has 0 amide bonds. The van der Waals surface area contributed by atoms with Crippen LogP contribution < -0.4 is 5.56 Å². The Kier molecular flexibility index (Phi) is 5.02. The van der Waals surface area contributed by atoms with E-state index < -0.39 is 5.82 Å². The van der Waals surface area contributed by atoms with Crippen molar-refractivity contribution in [1.29, 1.82) is 0 Å². The molecule has 0 aliphatic rings. The van der Waals surface area contributed by atoms with Gasteiger partial charge in [0.2, 0.25) is 5.89 Å². The van der Waals surface area contributed by atoms with Gasteiger partial charge in [0.1, 0.15) is 12.4 Å². The molecule has 0 spiro atoms. The third-order valence-electron chi connectivity index (χ3n) is 3.76. The maximum absolute atomic E-state index is 13.9. The molecule has 0 saturated carbocycles. The molecule has 130 valence electrons. The summed E-state index contributed by atoms with van der Waals surface area (Å²) in [7, 11) is 0. The average molecular weight is 342 g/mol. The minimum Gasteiger partial charge on any atom is -0.337 e. The molecule has 0 aliphatic carbocycles. The third-order valence-corrected chi connectivity index (χ3v) is 3.76. The van der Waals surface area contributed by atoms with E-state index in [4.69, 9.17) is 4.52 Å². The number of hydrogen-bond acceptors (Lipinski definition) is 5. The number of halogens is 1. The molecule has 0 saturated heterocycles. The number of nitrogens with zero attached hydrogens (tertiary/aromatic N) is 4. The summed E-state index contributed by atoms with van der Waals surface area (Å²) >= 11 is 0. The zero-order valence-electron chi connectivity index (χ0n) is 14.1. The molecule has 0 fully saturated rings. The number of benzene rings is 1. The van der Waals surface area contributed by atoms with Crippen LogP contribution in [0.1, 0.15) is 32.0 Å². The van der Waals surface area contributed by atoms with Gasteiger partial charge in [-0.1, -0.05) is 31.1 Å². The second kappa shape index (κ2) is 7.38. The number of aromatic nitrogens is 4. The highest BCUT2D eigenvalue weighted by Gasteiger charge is 2.12. The summed E-state index contributed by atoms with van der Waals surface area (Å²) in [5, 5.41) is 8.14. The zero-order valence-corrected chi connectivity index (χ0v) is 14.1. The van der Waals surface area contributed by atoms with E-state index in [-0.39, 0.29) is 12.1 Å². The normalized spacial score (nSPS) is 11.2. The van der Waals surface area contributed by atoms with Crippen molar-refractivity contribution in [3.8, 4) is 11.3 Å². The SMILES string of the molecule is CC(C)CCc1noc(Cn2nc(-c3ccccc3F)ccc2=O)n1. The summed E-state index contributed by atoms with van der Waals surface area (Å²) in [5.74, 6) is 1.07. The van der Waals surface area contributed by atoms with Gasteiger partial charge >= 0.3 is 0 Å². The quantitative estimate of drug-likeness (QED) is 0.688. The van der Waals surface area contributed by atoms with E-state index in [1.807, 2.05) is 0 Å². The molecule has 3 aromatic rings. The fourth-order valence-corrected chi connectivity index (χ4v) is 2.38. The van der Waals surface area contributed by atoms with E-state index in [0.29, 0.717) is 28.9 Å². The smallest absolute Gasteiger partial charge is 0.267 e. The van der Waals surface area contributed by atoms with E-state index in [1.54, 1.807) is 18.2 Å². The van der Waals surface area contributed by atoms with Crippen molar-refractivity contribution in [3.05, 3.63) is 64.3 Å². The van der Waals surface area contributed by atoms with Crippen LogP contribution >= 0.6 is 0 Å². The maximum atomic E-state index is 13.9. The second-order valence-corrected chi connectivity index (χ2v) is 6.23. The molecular weight excluding hydrogens is 323 g/mol. The lowest BCUT2D eigenvalue weighted by Gasteiger charge is -2.05. The van der Waals surface area contributed by atoms with E-state index in [0.717, 1.165) is 12.8 Å². The predicted molar refractivity (Wildman–Crippen MR) is 90.5 cm³/mol. The van der Waals surface area contributed by atoms with Crippen LogP contribution in [0.5, 0.6) is 0 Å². The lowest BCUT2D eigenvalue weighted by Crippen LogP contribution is -2.23. The molecule has 0 bridgehead atoms. The van der Waals surface area contributed by atoms with Crippen molar-refractivity contribution in [1.82, 2.24) is 19.9 Å².